The van der Waals surface area contributed by atoms with Crippen LogP contribution in [0.4, 0.5) is 0 Å². The third-order valence-electron chi connectivity index (χ3n) is 3.96. The molecule has 23 heavy (non-hydrogen) atoms. The molecule has 0 fully saturated rings. The molecule has 0 spiro atoms. The minimum atomic E-state index is -0.0715. The molecule has 0 aliphatic rings. The molecule has 128 valence electrons. The van der Waals surface area contributed by atoms with Crippen molar-refractivity contribution in [2.75, 3.05) is 20.8 Å². The summed E-state index contributed by atoms with van der Waals surface area (Å²) in [5.74, 6) is 1.90. The van der Waals surface area contributed by atoms with Crippen molar-refractivity contribution in [3.8, 4) is 11.5 Å². The first-order valence-corrected chi connectivity index (χ1v) is 8.32. The molecule has 1 rings (SSSR count). The van der Waals surface area contributed by atoms with Crippen molar-refractivity contribution in [1.29, 1.82) is 0 Å². The van der Waals surface area contributed by atoms with Crippen molar-refractivity contribution < 1.29 is 14.3 Å². The van der Waals surface area contributed by atoms with Gasteiger partial charge in [0.2, 0.25) is 5.91 Å². The van der Waals surface area contributed by atoms with E-state index >= 15 is 0 Å². The summed E-state index contributed by atoms with van der Waals surface area (Å²) < 4.78 is 10.5. The summed E-state index contributed by atoms with van der Waals surface area (Å²) >= 11 is 0. The average Bonchev–Trinajstić information content (AvgIpc) is 2.59. The Bertz CT molecular complexity index is 511. The highest BCUT2D eigenvalue weighted by atomic mass is 16.5. The van der Waals surface area contributed by atoms with E-state index in [4.69, 9.17) is 9.47 Å². The van der Waals surface area contributed by atoms with Gasteiger partial charge in [-0.25, -0.2) is 0 Å². The molecule has 0 unspecified atom stereocenters. The summed E-state index contributed by atoms with van der Waals surface area (Å²) in [6.45, 7) is 5.10. The van der Waals surface area contributed by atoms with Gasteiger partial charge in [-0.1, -0.05) is 33.1 Å². The van der Waals surface area contributed by atoms with Crippen molar-refractivity contribution in [3.05, 3.63) is 29.8 Å². The molecule has 0 aromatic heterocycles. The first-order valence-electron chi connectivity index (χ1n) is 8.32. The second kappa shape index (κ2) is 10.7. The maximum atomic E-state index is 12.0. The fourth-order valence-corrected chi connectivity index (χ4v) is 2.37. The van der Waals surface area contributed by atoms with Gasteiger partial charge >= 0.3 is 0 Å². The van der Waals surface area contributed by atoms with Crippen LogP contribution in [0, 0.1) is 5.92 Å². The normalized spacial score (nSPS) is 12.2. The number of ether oxygens (including phenoxy) is 2. The first-order chi connectivity index (χ1) is 11.1. The van der Waals surface area contributed by atoms with Gasteiger partial charge < -0.3 is 14.8 Å². The molecule has 0 radical (unpaired) electrons. The number of hydrogen-bond acceptors (Lipinski definition) is 3. The lowest BCUT2D eigenvalue weighted by Gasteiger charge is -2.14. The largest absolute Gasteiger partial charge is 0.497 e. The Morgan fingerprint density at radius 2 is 2.04 bits per heavy atom. The predicted octanol–water partition coefficient (Wildman–Crippen LogP) is 4.05. The molecule has 0 bridgehead atoms. The molecular weight excluding hydrogens is 290 g/mol. The zero-order valence-corrected chi connectivity index (χ0v) is 14.7. The highest BCUT2D eigenvalue weighted by Crippen LogP contribution is 2.25. The zero-order valence-electron chi connectivity index (χ0n) is 14.7. The number of rotatable bonds is 10. The van der Waals surface area contributed by atoms with Crippen LogP contribution in [0.25, 0.3) is 6.08 Å². The third kappa shape index (κ3) is 6.76. The zero-order chi connectivity index (χ0) is 17.1. The van der Waals surface area contributed by atoms with Crippen LogP contribution in [-0.4, -0.2) is 26.7 Å². The van der Waals surface area contributed by atoms with Gasteiger partial charge in [0.25, 0.3) is 0 Å². The smallest absolute Gasteiger partial charge is 0.244 e. The van der Waals surface area contributed by atoms with E-state index < -0.39 is 0 Å². The molecule has 1 aromatic carbocycles. The summed E-state index contributed by atoms with van der Waals surface area (Å²) in [5, 5.41) is 2.98. The number of benzene rings is 1. The SMILES string of the molecule is CCCC[C@H](CC)CNC(=O)/C=C/c1ccc(OC)cc1OC. The summed E-state index contributed by atoms with van der Waals surface area (Å²) in [7, 11) is 3.21. The molecule has 0 heterocycles. The van der Waals surface area contributed by atoms with Gasteiger partial charge in [0, 0.05) is 24.3 Å². The number of carbonyl (C=O) groups excluding carboxylic acids is 1. The second-order valence-electron chi connectivity index (χ2n) is 5.60. The summed E-state index contributed by atoms with van der Waals surface area (Å²) in [6.07, 6.45) is 7.99. The van der Waals surface area contributed by atoms with E-state index in [0.717, 1.165) is 24.3 Å². The minimum absolute atomic E-state index is 0.0715. The molecule has 1 atom stereocenters. The van der Waals surface area contributed by atoms with Gasteiger partial charge in [-0.05, 0) is 30.5 Å². The van der Waals surface area contributed by atoms with Crippen LogP contribution >= 0.6 is 0 Å². The van der Waals surface area contributed by atoms with Crippen molar-refractivity contribution in [2.24, 2.45) is 5.92 Å². The number of hydrogen-bond donors (Lipinski definition) is 1. The van der Waals surface area contributed by atoms with Crippen molar-refractivity contribution in [1.82, 2.24) is 5.32 Å². The number of unbranched alkanes of at least 4 members (excludes halogenated alkanes) is 1. The molecule has 0 aliphatic carbocycles. The Morgan fingerprint density at radius 1 is 1.26 bits per heavy atom. The Balaban J connectivity index is 2.58. The van der Waals surface area contributed by atoms with Crippen LogP contribution in [0.15, 0.2) is 24.3 Å². The fourth-order valence-electron chi connectivity index (χ4n) is 2.37. The van der Waals surface area contributed by atoms with Crippen LogP contribution in [0.3, 0.4) is 0 Å². The number of nitrogens with one attached hydrogen (secondary N) is 1. The molecule has 1 aromatic rings. The molecular formula is C19H29NO3. The van der Waals surface area contributed by atoms with Crippen LogP contribution in [0.2, 0.25) is 0 Å². The highest BCUT2D eigenvalue weighted by molar-refractivity contribution is 5.92. The Kier molecular flexibility index (Phi) is 8.88. The van der Waals surface area contributed by atoms with Gasteiger partial charge in [-0.15, -0.1) is 0 Å². The summed E-state index contributed by atoms with van der Waals surface area (Å²) in [4.78, 5) is 12.0. The lowest BCUT2D eigenvalue weighted by Crippen LogP contribution is -2.27. The topological polar surface area (TPSA) is 47.6 Å². The van der Waals surface area contributed by atoms with E-state index in [9.17, 15) is 4.79 Å². The number of carbonyl (C=O) groups is 1. The van der Waals surface area contributed by atoms with Crippen molar-refractivity contribution in [3.63, 3.8) is 0 Å². The molecule has 1 amide bonds. The quantitative estimate of drug-likeness (QED) is 0.662. The van der Waals surface area contributed by atoms with E-state index in [1.54, 1.807) is 32.4 Å². The second-order valence-corrected chi connectivity index (χ2v) is 5.60. The number of methoxy groups -OCH3 is 2. The van der Waals surface area contributed by atoms with E-state index in [0.29, 0.717) is 11.7 Å². The van der Waals surface area contributed by atoms with Crippen LogP contribution in [0.1, 0.15) is 45.1 Å². The molecule has 0 aliphatic heterocycles. The van der Waals surface area contributed by atoms with E-state index in [2.05, 4.69) is 19.2 Å². The van der Waals surface area contributed by atoms with E-state index in [1.807, 2.05) is 12.1 Å². The average molecular weight is 319 g/mol. The predicted molar refractivity (Wildman–Crippen MR) is 94.9 cm³/mol. The van der Waals surface area contributed by atoms with Crippen LogP contribution in [0.5, 0.6) is 11.5 Å². The van der Waals surface area contributed by atoms with Crippen LogP contribution < -0.4 is 14.8 Å². The Morgan fingerprint density at radius 3 is 2.65 bits per heavy atom. The fraction of sp³-hybridized carbons (Fsp3) is 0.526. The van der Waals surface area contributed by atoms with Gasteiger partial charge in [0.15, 0.2) is 0 Å². The highest BCUT2D eigenvalue weighted by Gasteiger charge is 2.07. The monoisotopic (exact) mass is 319 g/mol. The minimum Gasteiger partial charge on any atom is -0.497 e. The molecule has 0 saturated carbocycles. The number of amides is 1. The van der Waals surface area contributed by atoms with Gasteiger partial charge in [-0.2, -0.15) is 0 Å². The molecule has 4 nitrogen and oxygen atoms in total. The maximum Gasteiger partial charge on any atom is 0.244 e. The van der Waals surface area contributed by atoms with Crippen molar-refractivity contribution in [2.45, 2.75) is 39.5 Å². The summed E-state index contributed by atoms with van der Waals surface area (Å²) in [5.41, 5.74) is 0.849. The molecule has 4 heteroatoms. The van der Waals surface area contributed by atoms with Gasteiger partial charge in [0.1, 0.15) is 11.5 Å². The Labute approximate surface area is 139 Å². The van der Waals surface area contributed by atoms with Gasteiger partial charge in [0.05, 0.1) is 14.2 Å². The van der Waals surface area contributed by atoms with Gasteiger partial charge in [-0.3, -0.25) is 4.79 Å². The Hall–Kier alpha value is -1.97. The van der Waals surface area contributed by atoms with E-state index in [-0.39, 0.29) is 5.91 Å². The lowest BCUT2D eigenvalue weighted by atomic mass is 9.99. The van der Waals surface area contributed by atoms with Crippen LogP contribution in [-0.2, 0) is 4.79 Å². The molecule has 0 saturated heterocycles. The lowest BCUT2D eigenvalue weighted by molar-refractivity contribution is -0.116. The standard InChI is InChI=1S/C19H29NO3/c1-5-7-8-15(6-2)14-20-19(21)12-10-16-9-11-17(22-3)13-18(16)23-4/h9-13,15H,5-8,14H2,1-4H3,(H,20,21)/b12-10+/t15-/m0/s1. The molecule has 1 N–H and O–H groups in total. The summed E-state index contributed by atoms with van der Waals surface area (Å²) in [6, 6.07) is 5.52. The maximum absolute atomic E-state index is 12.0. The van der Waals surface area contributed by atoms with Crippen molar-refractivity contribution >= 4 is 12.0 Å². The third-order valence-corrected chi connectivity index (χ3v) is 3.96. The van der Waals surface area contributed by atoms with E-state index in [1.165, 1.54) is 19.3 Å². The first kappa shape index (κ1) is 19.1.